The lowest BCUT2D eigenvalue weighted by Crippen LogP contribution is -2.40. The van der Waals surface area contributed by atoms with Crippen molar-refractivity contribution in [3.8, 4) is 0 Å². The van der Waals surface area contributed by atoms with Gasteiger partial charge in [0.05, 0.1) is 6.54 Å². The normalized spacial score (nSPS) is 29.3. The van der Waals surface area contributed by atoms with Crippen LogP contribution in [0.2, 0.25) is 0 Å². The van der Waals surface area contributed by atoms with Crippen LogP contribution in [0.4, 0.5) is 4.79 Å². The molecule has 3 atom stereocenters. The van der Waals surface area contributed by atoms with Gasteiger partial charge in [0.15, 0.2) is 0 Å². The number of hydrogen-bond acceptors (Lipinski definition) is 3. The van der Waals surface area contributed by atoms with Gasteiger partial charge in [-0.25, -0.2) is 4.79 Å². The maximum Gasteiger partial charge on any atom is 0.410 e. The summed E-state index contributed by atoms with van der Waals surface area (Å²) < 4.78 is 4.97. The van der Waals surface area contributed by atoms with Gasteiger partial charge in [-0.15, -0.1) is 0 Å². The Labute approximate surface area is 114 Å². The number of carbonyl (C=O) groups is 2. The number of carbonyl (C=O) groups excluding carboxylic acids is 2. The van der Waals surface area contributed by atoms with E-state index in [4.69, 9.17) is 4.74 Å². The fraction of sp³-hybridized carbons (Fsp3) is 0.857. The van der Waals surface area contributed by atoms with Crippen molar-refractivity contribution < 1.29 is 14.3 Å². The summed E-state index contributed by atoms with van der Waals surface area (Å²) in [7, 11) is 0. The summed E-state index contributed by atoms with van der Waals surface area (Å²) >= 11 is 0. The van der Waals surface area contributed by atoms with Crippen LogP contribution in [0.5, 0.6) is 0 Å². The van der Waals surface area contributed by atoms with Crippen LogP contribution in [-0.4, -0.2) is 53.1 Å². The third-order valence-electron chi connectivity index (χ3n) is 4.37. The van der Waals surface area contributed by atoms with E-state index in [-0.39, 0.29) is 30.1 Å². The van der Waals surface area contributed by atoms with Gasteiger partial charge in [0.1, 0.15) is 6.61 Å². The average Bonchev–Trinajstić information content (AvgIpc) is 2.84. The topological polar surface area (TPSA) is 49.9 Å². The second-order valence-corrected chi connectivity index (χ2v) is 5.99. The second-order valence-electron chi connectivity index (χ2n) is 5.99. The minimum Gasteiger partial charge on any atom is -0.448 e. The van der Waals surface area contributed by atoms with Crippen LogP contribution in [0.1, 0.15) is 40.5 Å². The van der Waals surface area contributed by atoms with E-state index >= 15 is 0 Å². The molecule has 0 aliphatic carbocycles. The molecule has 2 saturated heterocycles. The molecule has 5 heteroatoms. The Morgan fingerprint density at radius 2 is 2.00 bits per heavy atom. The van der Waals surface area contributed by atoms with Crippen LogP contribution < -0.4 is 0 Å². The van der Waals surface area contributed by atoms with Crippen molar-refractivity contribution in [3.05, 3.63) is 0 Å². The van der Waals surface area contributed by atoms with E-state index in [0.29, 0.717) is 25.5 Å². The highest BCUT2D eigenvalue weighted by Gasteiger charge is 2.40. The van der Waals surface area contributed by atoms with Crippen molar-refractivity contribution in [1.82, 2.24) is 9.80 Å². The molecule has 108 valence electrons. The summed E-state index contributed by atoms with van der Waals surface area (Å²) in [5.41, 5.74) is 0. The van der Waals surface area contributed by atoms with Gasteiger partial charge in [0.2, 0.25) is 5.91 Å². The molecule has 0 bridgehead atoms. The lowest BCUT2D eigenvalue weighted by Gasteiger charge is -2.30. The van der Waals surface area contributed by atoms with Crippen molar-refractivity contribution in [2.75, 3.05) is 13.2 Å². The number of cyclic esters (lactones) is 1. The minimum absolute atomic E-state index is 0.141. The highest BCUT2D eigenvalue weighted by molar-refractivity contribution is 5.79. The molecule has 0 N–H and O–H groups in total. The van der Waals surface area contributed by atoms with Crippen LogP contribution in [-0.2, 0) is 9.53 Å². The molecular formula is C14H24N2O3. The van der Waals surface area contributed by atoms with Gasteiger partial charge in [-0.3, -0.25) is 4.79 Å². The van der Waals surface area contributed by atoms with E-state index in [2.05, 4.69) is 20.8 Å². The van der Waals surface area contributed by atoms with Gasteiger partial charge < -0.3 is 14.5 Å². The second kappa shape index (κ2) is 5.39. The number of rotatable bonds is 4. The third kappa shape index (κ3) is 2.69. The first-order valence-corrected chi connectivity index (χ1v) is 7.16. The Bertz CT molecular complexity index is 370. The van der Waals surface area contributed by atoms with Crippen LogP contribution in [0, 0.1) is 5.92 Å². The molecule has 0 aromatic rings. The number of nitrogens with zero attached hydrogens (tertiary/aromatic N) is 2. The van der Waals surface area contributed by atoms with Crippen molar-refractivity contribution in [1.29, 1.82) is 0 Å². The Balaban J connectivity index is 1.96. The fourth-order valence-corrected chi connectivity index (χ4v) is 3.36. The number of ether oxygens (including phenoxy) is 1. The molecule has 0 radical (unpaired) electrons. The smallest absolute Gasteiger partial charge is 0.410 e. The highest BCUT2D eigenvalue weighted by atomic mass is 16.6. The van der Waals surface area contributed by atoms with E-state index in [1.807, 2.05) is 11.8 Å². The lowest BCUT2D eigenvalue weighted by molar-refractivity contribution is -0.130. The Morgan fingerprint density at radius 1 is 1.32 bits per heavy atom. The molecule has 0 spiro atoms. The Hall–Kier alpha value is -1.26. The van der Waals surface area contributed by atoms with Crippen molar-refractivity contribution in [2.45, 2.75) is 58.7 Å². The quantitative estimate of drug-likeness (QED) is 0.782. The summed E-state index contributed by atoms with van der Waals surface area (Å²) in [6.45, 7) is 9.42. The van der Waals surface area contributed by atoms with E-state index in [1.165, 1.54) is 0 Å². The summed E-state index contributed by atoms with van der Waals surface area (Å²) in [4.78, 5) is 27.3. The van der Waals surface area contributed by atoms with Gasteiger partial charge in [0, 0.05) is 24.5 Å². The molecule has 2 aliphatic heterocycles. The first kappa shape index (κ1) is 14.2. The standard InChI is InChI=1S/C14H24N2O3/c1-9(2)16-11(4)12(8-13(16)17)7-10(3)15-5-6-19-14(15)18/h9-12H,5-8H2,1-4H3. The molecule has 0 saturated carbocycles. The Morgan fingerprint density at radius 3 is 2.47 bits per heavy atom. The first-order valence-electron chi connectivity index (χ1n) is 7.16. The fourth-order valence-electron chi connectivity index (χ4n) is 3.36. The van der Waals surface area contributed by atoms with Crippen LogP contribution in [0.15, 0.2) is 0 Å². The average molecular weight is 268 g/mol. The van der Waals surface area contributed by atoms with E-state index in [9.17, 15) is 9.59 Å². The molecule has 3 unspecified atom stereocenters. The maximum atomic E-state index is 12.0. The SMILES string of the molecule is CC(CC1CC(=O)N(C(C)C)C1C)N1CCOC1=O. The lowest BCUT2D eigenvalue weighted by atomic mass is 9.93. The van der Waals surface area contributed by atoms with Gasteiger partial charge in [-0.05, 0) is 40.0 Å². The summed E-state index contributed by atoms with van der Waals surface area (Å²) in [6, 6.07) is 0.649. The largest absolute Gasteiger partial charge is 0.448 e. The molecule has 2 fully saturated rings. The van der Waals surface area contributed by atoms with Crippen LogP contribution in [0.3, 0.4) is 0 Å². The molecule has 2 rings (SSSR count). The predicted octanol–water partition coefficient (Wildman–Crippen LogP) is 1.86. The zero-order valence-electron chi connectivity index (χ0n) is 12.3. The first-order chi connectivity index (χ1) is 8.91. The number of likely N-dealkylation sites (tertiary alicyclic amines) is 1. The Kier molecular flexibility index (Phi) is 4.02. The van der Waals surface area contributed by atoms with Gasteiger partial charge in [-0.2, -0.15) is 0 Å². The van der Waals surface area contributed by atoms with Crippen LogP contribution >= 0.6 is 0 Å². The summed E-state index contributed by atoms with van der Waals surface area (Å²) in [6.07, 6.45) is 1.25. The van der Waals surface area contributed by atoms with Gasteiger partial charge in [0.25, 0.3) is 0 Å². The zero-order valence-corrected chi connectivity index (χ0v) is 12.3. The zero-order chi connectivity index (χ0) is 14.2. The van der Waals surface area contributed by atoms with E-state index in [0.717, 1.165) is 6.42 Å². The van der Waals surface area contributed by atoms with Crippen molar-refractivity contribution in [2.24, 2.45) is 5.92 Å². The summed E-state index contributed by atoms with van der Waals surface area (Å²) in [5.74, 6) is 0.571. The highest BCUT2D eigenvalue weighted by Crippen LogP contribution is 2.32. The van der Waals surface area contributed by atoms with Crippen molar-refractivity contribution in [3.63, 3.8) is 0 Å². The third-order valence-corrected chi connectivity index (χ3v) is 4.37. The molecular weight excluding hydrogens is 244 g/mol. The maximum absolute atomic E-state index is 12.0. The molecule has 2 amide bonds. The number of amides is 2. The molecule has 0 aromatic heterocycles. The van der Waals surface area contributed by atoms with Gasteiger partial charge in [-0.1, -0.05) is 0 Å². The molecule has 2 heterocycles. The monoisotopic (exact) mass is 268 g/mol. The van der Waals surface area contributed by atoms with Crippen molar-refractivity contribution >= 4 is 12.0 Å². The van der Waals surface area contributed by atoms with Crippen LogP contribution in [0.25, 0.3) is 0 Å². The molecule has 19 heavy (non-hydrogen) atoms. The molecule has 5 nitrogen and oxygen atoms in total. The number of hydrogen-bond donors (Lipinski definition) is 0. The van der Waals surface area contributed by atoms with E-state index in [1.54, 1.807) is 4.90 Å². The predicted molar refractivity (Wildman–Crippen MR) is 71.7 cm³/mol. The summed E-state index contributed by atoms with van der Waals surface area (Å²) in [5, 5.41) is 0. The van der Waals surface area contributed by atoms with Gasteiger partial charge >= 0.3 is 6.09 Å². The molecule has 0 aromatic carbocycles. The molecule has 2 aliphatic rings. The minimum atomic E-state index is -0.217. The van der Waals surface area contributed by atoms with E-state index < -0.39 is 0 Å².